The Kier molecular flexibility index (Phi) is 4.96. The van der Waals surface area contributed by atoms with Gasteiger partial charge in [-0.1, -0.05) is 36.0 Å². The molecule has 1 aromatic heterocycles. The summed E-state index contributed by atoms with van der Waals surface area (Å²) in [5, 5.41) is 9.69. The van der Waals surface area contributed by atoms with Crippen LogP contribution in [0.1, 0.15) is 28.1 Å². The van der Waals surface area contributed by atoms with Crippen LogP contribution in [-0.4, -0.2) is 21.0 Å². The topological polar surface area (TPSA) is 63.1 Å². The maximum Gasteiger partial charge on any atom is 0.307 e. The van der Waals surface area contributed by atoms with Crippen molar-refractivity contribution >= 4 is 17.7 Å². The first-order valence-corrected chi connectivity index (χ1v) is 7.69. The number of thioether (sulfide) groups is 1. The minimum atomic E-state index is -0.814. The molecule has 0 atom stereocenters. The second-order valence-corrected chi connectivity index (χ2v) is 5.87. The molecule has 0 aliphatic heterocycles. The zero-order valence-corrected chi connectivity index (χ0v) is 13.2. The third-order valence-corrected chi connectivity index (χ3v) is 4.33. The SMILES string of the molecule is Cc1nc(SCc2ccccc2CC(=O)O)nc(C)c1C. The van der Waals surface area contributed by atoms with E-state index in [0.29, 0.717) is 5.75 Å². The number of hydrogen-bond acceptors (Lipinski definition) is 4. The number of carboxylic acids is 1. The number of nitrogens with zero attached hydrogens (tertiary/aromatic N) is 2. The molecular formula is C16H18N2O2S. The lowest BCUT2D eigenvalue weighted by Gasteiger charge is -2.09. The number of aryl methyl sites for hydroxylation is 2. The Balaban J connectivity index is 2.15. The maximum absolute atomic E-state index is 10.9. The molecule has 0 spiro atoms. The van der Waals surface area contributed by atoms with Gasteiger partial charge in [0.05, 0.1) is 6.42 Å². The van der Waals surface area contributed by atoms with E-state index in [1.165, 1.54) is 11.8 Å². The molecule has 5 heteroatoms. The van der Waals surface area contributed by atoms with Gasteiger partial charge in [-0.25, -0.2) is 9.97 Å². The molecule has 0 fully saturated rings. The zero-order chi connectivity index (χ0) is 15.4. The van der Waals surface area contributed by atoms with Crippen molar-refractivity contribution < 1.29 is 9.90 Å². The van der Waals surface area contributed by atoms with Crippen LogP contribution >= 0.6 is 11.8 Å². The molecule has 0 saturated carbocycles. The van der Waals surface area contributed by atoms with Gasteiger partial charge in [0.1, 0.15) is 0 Å². The number of benzene rings is 1. The third-order valence-electron chi connectivity index (χ3n) is 3.43. The smallest absolute Gasteiger partial charge is 0.307 e. The summed E-state index contributed by atoms with van der Waals surface area (Å²) in [6.07, 6.45) is 0.0452. The molecule has 0 amide bonds. The van der Waals surface area contributed by atoms with Crippen molar-refractivity contribution in [2.75, 3.05) is 0 Å². The van der Waals surface area contributed by atoms with E-state index in [4.69, 9.17) is 5.11 Å². The Morgan fingerprint density at radius 3 is 2.24 bits per heavy atom. The molecule has 1 aromatic carbocycles. The van der Waals surface area contributed by atoms with Crippen molar-refractivity contribution in [1.82, 2.24) is 9.97 Å². The highest BCUT2D eigenvalue weighted by atomic mass is 32.2. The number of carboxylic acid groups (broad SMARTS) is 1. The molecule has 110 valence electrons. The van der Waals surface area contributed by atoms with Crippen LogP contribution in [0.3, 0.4) is 0 Å². The minimum Gasteiger partial charge on any atom is -0.481 e. The maximum atomic E-state index is 10.9. The second kappa shape index (κ2) is 6.72. The van der Waals surface area contributed by atoms with Gasteiger partial charge in [0.2, 0.25) is 0 Å². The molecule has 1 heterocycles. The van der Waals surface area contributed by atoms with E-state index in [1.54, 1.807) is 0 Å². The highest BCUT2D eigenvalue weighted by Gasteiger charge is 2.09. The Hall–Kier alpha value is -1.88. The van der Waals surface area contributed by atoms with Gasteiger partial charge >= 0.3 is 5.97 Å². The van der Waals surface area contributed by atoms with E-state index in [0.717, 1.165) is 33.2 Å². The predicted molar refractivity (Wildman–Crippen MR) is 83.6 cm³/mol. The number of carbonyl (C=O) groups is 1. The normalized spacial score (nSPS) is 10.6. The van der Waals surface area contributed by atoms with Gasteiger partial charge < -0.3 is 5.11 Å². The molecule has 0 bridgehead atoms. The quantitative estimate of drug-likeness (QED) is 0.678. The summed E-state index contributed by atoms with van der Waals surface area (Å²) in [5.74, 6) is -0.142. The van der Waals surface area contributed by atoms with Crippen LogP contribution in [0.5, 0.6) is 0 Å². The molecule has 4 nitrogen and oxygen atoms in total. The summed E-state index contributed by atoms with van der Waals surface area (Å²) in [4.78, 5) is 19.8. The van der Waals surface area contributed by atoms with Crippen molar-refractivity contribution in [2.45, 2.75) is 38.1 Å². The average molecular weight is 302 g/mol. The number of aromatic nitrogens is 2. The van der Waals surface area contributed by atoms with Crippen molar-refractivity contribution in [2.24, 2.45) is 0 Å². The Morgan fingerprint density at radius 1 is 1.10 bits per heavy atom. The molecule has 0 radical (unpaired) electrons. The molecule has 2 aromatic rings. The first-order valence-electron chi connectivity index (χ1n) is 6.70. The highest BCUT2D eigenvalue weighted by molar-refractivity contribution is 7.98. The molecule has 0 aliphatic rings. The summed E-state index contributed by atoms with van der Waals surface area (Å²) in [6.45, 7) is 5.97. The zero-order valence-electron chi connectivity index (χ0n) is 12.4. The van der Waals surface area contributed by atoms with Crippen LogP contribution in [-0.2, 0) is 17.0 Å². The van der Waals surface area contributed by atoms with Crippen molar-refractivity contribution in [1.29, 1.82) is 0 Å². The van der Waals surface area contributed by atoms with E-state index in [9.17, 15) is 4.79 Å². The summed E-state index contributed by atoms with van der Waals surface area (Å²) in [6, 6.07) is 7.60. The van der Waals surface area contributed by atoms with Gasteiger partial charge in [0.25, 0.3) is 0 Å². The summed E-state index contributed by atoms with van der Waals surface area (Å²) in [7, 11) is 0. The molecule has 2 rings (SSSR count). The Bertz CT molecular complexity index is 648. The van der Waals surface area contributed by atoms with Crippen LogP contribution in [0.15, 0.2) is 29.4 Å². The summed E-state index contributed by atoms with van der Waals surface area (Å²) in [5.41, 5.74) is 4.96. The van der Waals surface area contributed by atoms with E-state index in [2.05, 4.69) is 9.97 Å². The fourth-order valence-corrected chi connectivity index (χ4v) is 2.95. The van der Waals surface area contributed by atoms with Gasteiger partial charge in [-0.3, -0.25) is 4.79 Å². The van der Waals surface area contributed by atoms with Gasteiger partial charge in [-0.15, -0.1) is 0 Å². The number of hydrogen-bond donors (Lipinski definition) is 1. The Labute approximate surface area is 128 Å². The highest BCUT2D eigenvalue weighted by Crippen LogP contribution is 2.23. The van der Waals surface area contributed by atoms with E-state index in [-0.39, 0.29) is 6.42 Å². The fraction of sp³-hybridized carbons (Fsp3) is 0.312. The standard InChI is InChI=1S/C16H18N2O2S/c1-10-11(2)17-16(18-12(10)3)21-9-14-7-5-4-6-13(14)8-15(19)20/h4-7H,8-9H2,1-3H3,(H,19,20). The predicted octanol–water partition coefficient (Wildman–Crippen LogP) is 3.32. The third kappa shape index (κ3) is 4.04. The van der Waals surface area contributed by atoms with Crippen LogP contribution in [0.4, 0.5) is 0 Å². The van der Waals surface area contributed by atoms with Crippen LogP contribution in [0.25, 0.3) is 0 Å². The van der Waals surface area contributed by atoms with E-state index >= 15 is 0 Å². The van der Waals surface area contributed by atoms with Crippen molar-refractivity contribution in [3.8, 4) is 0 Å². The van der Waals surface area contributed by atoms with Gasteiger partial charge in [0, 0.05) is 17.1 Å². The first kappa shape index (κ1) is 15.5. The number of aliphatic carboxylic acids is 1. The summed E-state index contributed by atoms with van der Waals surface area (Å²) < 4.78 is 0. The molecular weight excluding hydrogens is 284 g/mol. The van der Waals surface area contributed by atoms with E-state index in [1.807, 2.05) is 45.0 Å². The number of rotatable bonds is 5. The lowest BCUT2D eigenvalue weighted by Crippen LogP contribution is -2.03. The molecule has 21 heavy (non-hydrogen) atoms. The summed E-state index contributed by atoms with van der Waals surface area (Å²) >= 11 is 1.54. The van der Waals surface area contributed by atoms with Gasteiger partial charge in [0.15, 0.2) is 5.16 Å². The fourth-order valence-electron chi connectivity index (χ4n) is 1.98. The Morgan fingerprint density at radius 2 is 1.67 bits per heavy atom. The van der Waals surface area contributed by atoms with Crippen LogP contribution in [0.2, 0.25) is 0 Å². The first-order chi connectivity index (χ1) is 9.97. The van der Waals surface area contributed by atoms with Gasteiger partial charge in [-0.05, 0) is 37.5 Å². The van der Waals surface area contributed by atoms with Crippen molar-refractivity contribution in [3.05, 3.63) is 52.3 Å². The van der Waals surface area contributed by atoms with E-state index < -0.39 is 5.97 Å². The molecule has 0 unspecified atom stereocenters. The van der Waals surface area contributed by atoms with Crippen LogP contribution < -0.4 is 0 Å². The largest absolute Gasteiger partial charge is 0.481 e. The average Bonchev–Trinajstić information content (AvgIpc) is 2.43. The van der Waals surface area contributed by atoms with Crippen molar-refractivity contribution in [3.63, 3.8) is 0 Å². The lowest BCUT2D eigenvalue weighted by molar-refractivity contribution is -0.136. The minimum absolute atomic E-state index is 0.0452. The monoisotopic (exact) mass is 302 g/mol. The molecule has 1 N–H and O–H groups in total. The van der Waals surface area contributed by atoms with Crippen LogP contribution in [0, 0.1) is 20.8 Å². The molecule has 0 saturated heterocycles. The molecule has 0 aliphatic carbocycles. The second-order valence-electron chi connectivity index (χ2n) is 4.93. The lowest BCUT2D eigenvalue weighted by atomic mass is 10.1. The van der Waals surface area contributed by atoms with Gasteiger partial charge in [-0.2, -0.15) is 0 Å².